The quantitative estimate of drug-likeness (QED) is 0.385. The maximum Gasteiger partial charge on any atom is 0.321 e. The van der Waals surface area contributed by atoms with Crippen LogP contribution in [0.2, 0.25) is 0 Å². The topological polar surface area (TPSA) is 122 Å². The molecule has 4 heterocycles. The van der Waals surface area contributed by atoms with Crippen molar-refractivity contribution < 1.29 is 9.18 Å². The van der Waals surface area contributed by atoms with E-state index in [2.05, 4.69) is 35.5 Å². The van der Waals surface area contributed by atoms with Gasteiger partial charge >= 0.3 is 6.03 Å². The molecule has 0 radical (unpaired) electrons. The lowest BCUT2D eigenvalue weighted by atomic mass is 10.0. The fraction of sp³-hybridized carbons (Fsp3) is 0.292. The Morgan fingerprint density at radius 3 is 2.66 bits per heavy atom. The summed E-state index contributed by atoms with van der Waals surface area (Å²) in [6.45, 7) is 3.88. The maximum atomic E-state index is 15.8. The normalized spacial score (nSPS) is 14.3. The Morgan fingerprint density at radius 1 is 1.20 bits per heavy atom. The Kier molecular flexibility index (Phi) is 6.51. The molecule has 0 bridgehead atoms. The number of thiazole rings is 1. The lowest BCUT2D eigenvalue weighted by Gasteiger charge is -2.30. The van der Waals surface area contributed by atoms with E-state index in [9.17, 15) is 4.79 Å². The molecule has 3 aromatic heterocycles. The van der Waals surface area contributed by atoms with E-state index >= 15 is 4.39 Å². The Balaban J connectivity index is 1.56. The summed E-state index contributed by atoms with van der Waals surface area (Å²) in [4.78, 5) is 31.9. The zero-order valence-electron chi connectivity index (χ0n) is 19.2. The van der Waals surface area contributed by atoms with Gasteiger partial charge in [0.05, 0.1) is 10.4 Å². The number of benzene rings is 1. The standard InChI is InChI=1S/C24H25FN8OS/c1-2-27-23(34)32-24-31-20-19(25)16(11-17(21(20)35-24)18-5-3-4-8-28-18)14-12-29-22(30-13-14)33-9-6-15(26)7-10-33/h3-5,8,11-13,15H,2,6-7,9-10,26H2,1H3,(H2,27,31,32,34). The van der Waals surface area contributed by atoms with Gasteiger partial charge in [0.1, 0.15) is 5.52 Å². The van der Waals surface area contributed by atoms with Crippen molar-refractivity contribution in [3.8, 4) is 22.4 Å². The summed E-state index contributed by atoms with van der Waals surface area (Å²) in [6, 6.07) is 7.10. The molecule has 4 N–H and O–H groups in total. The van der Waals surface area contributed by atoms with E-state index in [0.29, 0.717) is 44.7 Å². The monoisotopic (exact) mass is 492 g/mol. The van der Waals surface area contributed by atoms with Gasteiger partial charge < -0.3 is 16.0 Å². The fourth-order valence-corrected chi connectivity index (χ4v) is 5.03. The fourth-order valence-electron chi connectivity index (χ4n) is 4.05. The maximum absolute atomic E-state index is 15.8. The van der Waals surface area contributed by atoms with Crippen LogP contribution < -0.4 is 21.3 Å². The predicted octanol–water partition coefficient (Wildman–Crippen LogP) is 4.02. The summed E-state index contributed by atoms with van der Waals surface area (Å²) >= 11 is 1.20. The molecule has 11 heteroatoms. The minimum atomic E-state index is -0.500. The van der Waals surface area contributed by atoms with Crippen molar-refractivity contribution in [1.82, 2.24) is 25.3 Å². The lowest BCUT2D eigenvalue weighted by Crippen LogP contribution is -2.40. The molecular weight excluding hydrogens is 467 g/mol. The number of carbonyl (C=O) groups is 1. The second kappa shape index (κ2) is 9.88. The van der Waals surface area contributed by atoms with E-state index in [0.717, 1.165) is 25.9 Å². The smallest absolute Gasteiger partial charge is 0.321 e. The molecule has 1 aromatic carbocycles. The molecule has 0 aliphatic carbocycles. The average Bonchev–Trinajstić information content (AvgIpc) is 3.30. The first kappa shape index (κ1) is 23.1. The molecule has 1 aliphatic rings. The van der Waals surface area contributed by atoms with Gasteiger partial charge in [0.15, 0.2) is 10.9 Å². The number of fused-ring (bicyclic) bond motifs is 1. The number of rotatable bonds is 5. The predicted molar refractivity (Wildman–Crippen MR) is 136 cm³/mol. The minimum Gasteiger partial charge on any atom is -0.341 e. The van der Waals surface area contributed by atoms with E-state index < -0.39 is 11.8 Å². The molecule has 1 fully saturated rings. The number of anilines is 2. The van der Waals surface area contributed by atoms with Crippen molar-refractivity contribution in [2.24, 2.45) is 5.73 Å². The molecule has 1 aliphatic heterocycles. The molecule has 0 unspecified atom stereocenters. The number of pyridine rings is 1. The van der Waals surface area contributed by atoms with Crippen LogP contribution in [0.3, 0.4) is 0 Å². The third-order valence-corrected chi connectivity index (χ3v) is 6.88. The van der Waals surface area contributed by atoms with E-state index in [-0.39, 0.29) is 11.6 Å². The summed E-state index contributed by atoms with van der Waals surface area (Å²) in [7, 11) is 0. The number of nitrogens with zero attached hydrogens (tertiary/aromatic N) is 5. The summed E-state index contributed by atoms with van der Waals surface area (Å²) < 4.78 is 16.4. The molecule has 4 aromatic rings. The average molecular weight is 493 g/mol. The summed E-state index contributed by atoms with van der Waals surface area (Å²) in [5, 5.41) is 5.63. The van der Waals surface area contributed by atoms with Crippen molar-refractivity contribution in [2.45, 2.75) is 25.8 Å². The molecule has 5 rings (SSSR count). The summed E-state index contributed by atoms with van der Waals surface area (Å²) in [5.41, 5.74) is 8.40. The summed E-state index contributed by atoms with van der Waals surface area (Å²) in [6.07, 6.45) is 6.72. The zero-order valence-corrected chi connectivity index (χ0v) is 20.0. The van der Waals surface area contributed by atoms with Crippen molar-refractivity contribution in [3.05, 3.63) is 48.7 Å². The van der Waals surface area contributed by atoms with E-state index in [1.165, 1.54) is 11.3 Å². The minimum absolute atomic E-state index is 0.161. The van der Waals surface area contributed by atoms with Gasteiger partial charge in [-0.1, -0.05) is 17.4 Å². The third kappa shape index (κ3) is 4.77. The highest BCUT2D eigenvalue weighted by atomic mass is 32.1. The van der Waals surface area contributed by atoms with Crippen LogP contribution in [-0.4, -0.2) is 51.6 Å². The molecular formula is C24H25FN8OS. The van der Waals surface area contributed by atoms with Gasteiger partial charge in [0, 0.05) is 61.0 Å². The van der Waals surface area contributed by atoms with Gasteiger partial charge in [-0.2, -0.15) is 0 Å². The Bertz CT molecular complexity index is 1340. The van der Waals surface area contributed by atoms with Gasteiger partial charge in [0.25, 0.3) is 0 Å². The van der Waals surface area contributed by atoms with Crippen LogP contribution in [0.15, 0.2) is 42.9 Å². The molecule has 0 saturated carbocycles. The van der Waals surface area contributed by atoms with Gasteiger partial charge in [-0.15, -0.1) is 0 Å². The Morgan fingerprint density at radius 2 is 1.97 bits per heavy atom. The van der Waals surface area contributed by atoms with E-state index in [1.807, 2.05) is 25.1 Å². The number of hydrogen-bond acceptors (Lipinski definition) is 8. The molecule has 0 atom stereocenters. The zero-order chi connectivity index (χ0) is 24.4. The number of piperidine rings is 1. The lowest BCUT2D eigenvalue weighted by molar-refractivity contribution is 0.252. The molecule has 1 saturated heterocycles. The van der Waals surface area contributed by atoms with Gasteiger partial charge in [0.2, 0.25) is 5.95 Å². The van der Waals surface area contributed by atoms with E-state index in [1.54, 1.807) is 24.7 Å². The number of carbonyl (C=O) groups excluding carboxylic acids is 1. The molecule has 35 heavy (non-hydrogen) atoms. The largest absolute Gasteiger partial charge is 0.341 e. The first-order valence-corrected chi connectivity index (χ1v) is 12.3. The number of aromatic nitrogens is 4. The molecule has 9 nitrogen and oxygen atoms in total. The van der Waals surface area contributed by atoms with Gasteiger partial charge in [-0.05, 0) is 38.0 Å². The van der Waals surface area contributed by atoms with Crippen molar-refractivity contribution >= 4 is 38.7 Å². The highest BCUT2D eigenvalue weighted by Gasteiger charge is 2.22. The highest BCUT2D eigenvalue weighted by Crippen LogP contribution is 2.40. The van der Waals surface area contributed by atoms with Crippen LogP contribution in [0.5, 0.6) is 0 Å². The Labute approximate surface area is 205 Å². The van der Waals surface area contributed by atoms with Crippen molar-refractivity contribution in [2.75, 3.05) is 29.9 Å². The van der Waals surface area contributed by atoms with Crippen LogP contribution in [0, 0.1) is 5.82 Å². The van der Waals surface area contributed by atoms with Crippen LogP contribution in [0.25, 0.3) is 32.6 Å². The molecule has 2 amide bonds. The second-order valence-corrected chi connectivity index (χ2v) is 9.28. The van der Waals surface area contributed by atoms with Gasteiger partial charge in [-0.3, -0.25) is 10.3 Å². The van der Waals surface area contributed by atoms with Gasteiger partial charge in [-0.25, -0.2) is 24.1 Å². The van der Waals surface area contributed by atoms with Crippen LogP contribution in [-0.2, 0) is 0 Å². The number of amides is 2. The second-order valence-electron chi connectivity index (χ2n) is 8.28. The first-order chi connectivity index (χ1) is 17.0. The number of halogens is 1. The molecule has 180 valence electrons. The molecule has 0 spiro atoms. The number of urea groups is 1. The number of hydrogen-bond donors (Lipinski definition) is 3. The SMILES string of the molecule is CCNC(=O)Nc1nc2c(F)c(-c3cnc(N4CCC(N)CC4)nc3)cc(-c3ccccn3)c2s1. The number of nitrogens with two attached hydrogens (primary N) is 1. The first-order valence-electron chi connectivity index (χ1n) is 11.5. The van der Waals surface area contributed by atoms with Crippen molar-refractivity contribution in [1.29, 1.82) is 0 Å². The van der Waals surface area contributed by atoms with Crippen LogP contribution in [0.1, 0.15) is 19.8 Å². The van der Waals surface area contributed by atoms with Crippen molar-refractivity contribution in [3.63, 3.8) is 0 Å². The third-order valence-electron chi connectivity index (χ3n) is 5.88. The highest BCUT2D eigenvalue weighted by molar-refractivity contribution is 7.22. The van der Waals surface area contributed by atoms with Crippen LogP contribution in [0.4, 0.5) is 20.3 Å². The van der Waals surface area contributed by atoms with E-state index in [4.69, 9.17) is 5.73 Å². The van der Waals surface area contributed by atoms with Crippen LogP contribution >= 0.6 is 11.3 Å². The number of nitrogens with one attached hydrogen (secondary N) is 2. The Hall–Kier alpha value is -3.70. The summed E-state index contributed by atoms with van der Waals surface area (Å²) in [5.74, 6) is 0.106.